The van der Waals surface area contributed by atoms with Gasteiger partial charge >= 0.3 is 0 Å². The lowest BCUT2D eigenvalue weighted by Crippen LogP contribution is -2.34. The topological polar surface area (TPSA) is 64.3 Å². The van der Waals surface area contributed by atoms with Crippen molar-refractivity contribution < 1.29 is 4.74 Å². The number of aromatic nitrogens is 2. The number of ether oxygens (including phenoxy) is 1. The average molecular weight is 257 g/mol. The highest BCUT2D eigenvalue weighted by atomic mass is 35.5. The van der Waals surface area contributed by atoms with Gasteiger partial charge in [0.25, 0.3) is 0 Å². The predicted molar refractivity (Wildman–Crippen MR) is 68.3 cm³/mol. The second-order valence-corrected chi connectivity index (χ2v) is 4.63. The summed E-state index contributed by atoms with van der Waals surface area (Å²) in [6.45, 7) is 1.62. The Morgan fingerprint density at radius 2 is 2.35 bits per heavy atom. The Morgan fingerprint density at radius 1 is 1.53 bits per heavy atom. The maximum Gasteiger partial charge on any atom is 0.157 e. The summed E-state index contributed by atoms with van der Waals surface area (Å²) in [5.74, 6) is 0.666. The first-order chi connectivity index (χ1) is 8.18. The minimum absolute atomic E-state index is 0.252. The molecule has 1 aromatic heterocycles. The molecule has 1 atom stereocenters. The van der Waals surface area contributed by atoms with Gasteiger partial charge in [0, 0.05) is 20.2 Å². The standard InChI is InChI=1S/C11H17ClN4O/c1-16(6-8-4-2-3-5-17-8)11-9(13)10(12)14-7-15-11/h7-8H,2-6,13H2,1H3. The average Bonchev–Trinajstić information content (AvgIpc) is 2.34. The molecular weight excluding hydrogens is 240 g/mol. The first kappa shape index (κ1) is 12.4. The highest BCUT2D eigenvalue weighted by molar-refractivity contribution is 6.32. The van der Waals surface area contributed by atoms with E-state index in [2.05, 4.69) is 9.97 Å². The van der Waals surface area contributed by atoms with E-state index in [4.69, 9.17) is 22.1 Å². The van der Waals surface area contributed by atoms with Crippen LogP contribution in [0.25, 0.3) is 0 Å². The number of rotatable bonds is 3. The van der Waals surface area contributed by atoms with Crippen LogP contribution in [0.5, 0.6) is 0 Å². The van der Waals surface area contributed by atoms with Gasteiger partial charge in [-0.15, -0.1) is 0 Å². The minimum Gasteiger partial charge on any atom is -0.393 e. The van der Waals surface area contributed by atoms with E-state index in [1.807, 2.05) is 11.9 Å². The largest absolute Gasteiger partial charge is 0.393 e. The minimum atomic E-state index is 0.252. The monoisotopic (exact) mass is 256 g/mol. The van der Waals surface area contributed by atoms with E-state index in [0.29, 0.717) is 16.7 Å². The highest BCUT2D eigenvalue weighted by Gasteiger charge is 2.18. The van der Waals surface area contributed by atoms with Crippen molar-refractivity contribution in [1.29, 1.82) is 0 Å². The summed E-state index contributed by atoms with van der Waals surface area (Å²) < 4.78 is 5.68. The quantitative estimate of drug-likeness (QED) is 0.835. The van der Waals surface area contributed by atoms with E-state index in [9.17, 15) is 0 Å². The molecule has 94 valence electrons. The lowest BCUT2D eigenvalue weighted by molar-refractivity contribution is 0.0215. The maximum absolute atomic E-state index is 5.87. The van der Waals surface area contributed by atoms with Gasteiger partial charge in [-0.05, 0) is 19.3 Å². The summed E-state index contributed by atoms with van der Waals surface area (Å²) >= 11 is 5.87. The smallest absolute Gasteiger partial charge is 0.157 e. The summed E-state index contributed by atoms with van der Waals surface area (Å²) in [4.78, 5) is 9.97. The molecule has 6 heteroatoms. The molecular formula is C11H17ClN4O. The molecule has 0 radical (unpaired) electrons. The Bertz CT molecular complexity index is 382. The molecule has 0 saturated carbocycles. The lowest BCUT2D eigenvalue weighted by atomic mass is 10.1. The predicted octanol–water partition coefficient (Wildman–Crippen LogP) is 1.72. The molecule has 1 aliphatic heterocycles. The van der Waals surface area contributed by atoms with Crippen molar-refractivity contribution >= 4 is 23.1 Å². The van der Waals surface area contributed by atoms with Gasteiger partial charge in [-0.25, -0.2) is 9.97 Å². The van der Waals surface area contributed by atoms with E-state index in [-0.39, 0.29) is 6.10 Å². The van der Waals surface area contributed by atoms with Crippen LogP contribution in [0.1, 0.15) is 19.3 Å². The van der Waals surface area contributed by atoms with Gasteiger partial charge in [0.2, 0.25) is 0 Å². The zero-order chi connectivity index (χ0) is 12.3. The van der Waals surface area contributed by atoms with Gasteiger partial charge in [-0.2, -0.15) is 0 Å². The number of anilines is 2. The maximum atomic E-state index is 5.87. The Morgan fingerprint density at radius 3 is 3.06 bits per heavy atom. The molecule has 2 rings (SSSR count). The van der Waals surface area contributed by atoms with Crippen LogP contribution in [0.4, 0.5) is 11.5 Å². The van der Waals surface area contributed by atoms with Crippen LogP contribution in [0.2, 0.25) is 5.15 Å². The summed E-state index contributed by atoms with van der Waals surface area (Å²) in [5.41, 5.74) is 6.27. The summed E-state index contributed by atoms with van der Waals surface area (Å²) in [6.07, 6.45) is 5.14. The third-order valence-electron chi connectivity index (χ3n) is 2.93. The molecule has 1 aliphatic rings. The molecule has 0 aliphatic carbocycles. The number of hydrogen-bond acceptors (Lipinski definition) is 5. The molecule has 0 aromatic carbocycles. The number of likely N-dealkylation sites (N-methyl/N-ethyl adjacent to an activating group) is 1. The van der Waals surface area contributed by atoms with Crippen LogP contribution in [0, 0.1) is 0 Å². The Labute approximate surface area is 106 Å². The summed E-state index contributed by atoms with van der Waals surface area (Å²) in [6, 6.07) is 0. The molecule has 1 fully saturated rings. The van der Waals surface area contributed by atoms with Crippen LogP contribution < -0.4 is 10.6 Å². The third kappa shape index (κ3) is 2.98. The molecule has 17 heavy (non-hydrogen) atoms. The van der Waals surface area contributed by atoms with Gasteiger partial charge in [-0.3, -0.25) is 0 Å². The zero-order valence-corrected chi connectivity index (χ0v) is 10.7. The SMILES string of the molecule is CN(CC1CCCCO1)c1ncnc(Cl)c1N. The van der Waals surface area contributed by atoms with Crippen molar-refractivity contribution in [3.63, 3.8) is 0 Å². The normalized spacial score (nSPS) is 20.2. The molecule has 0 spiro atoms. The number of hydrogen-bond donors (Lipinski definition) is 1. The molecule has 2 N–H and O–H groups in total. The van der Waals surface area contributed by atoms with E-state index < -0.39 is 0 Å². The fourth-order valence-corrected chi connectivity index (χ4v) is 2.14. The van der Waals surface area contributed by atoms with Gasteiger partial charge in [0.15, 0.2) is 11.0 Å². The van der Waals surface area contributed by atoms with Gasteiger partial charge < -0.3 is 15.4 Å². The molecule has 2 heterocycles. The number of nitrogen functional groups attached to an aromatic ring is 1. The summed E-state index contributed by atoms with van der Waals surface area (Å²) in [7, 11) is 1.94. The van der Waals surface area contributed by atoms with Crippen molar-refractivity contribution in [3.8, 4) is 0 Å². The molecule has 1 aromatic rings. The number of nitrogens with two attached hydrogens (primary N) is 1. The number of nitrogens with zero attached hydrogens (tertiary/aromatic N) is 3. The molecule has 0 amide bonds. The molecule has 5 nitrogen and oxygen atoms in total. The van der Waals surface area contributed by atoms with Gasteiger partial charge in [0.1, 0.15) is 12.0 Å². The third-order valence-corrected chi connectivity index (χ3v) is 3.23. The van der Waals surface area contributed by atoms with Crippen molar-refractivity contribution in [2.75, 3.05) is 30.8 Å². The molecule has 0 bridgehead atoms. The Kier molecular flexibility index (Phi) is 4.02. The van der Waals surface area contributed by atoms with Crippen molar-refractivity contribution in [2.24, 2.45) is 0 Å². The molecule has 1 unspecified atom stereocenters. The zero-order valence-electron chi connectivity index (χ0n) is 9.90. The van der Waals surface area contributed by atoms with E-state index in [0.717, 1.165) is 26.0 Å². The van der Waals surface area contributed by atoms with E-state index in [1.54, 1.807) is 0 Å². The van der Waals surface area contributed by atoms with E-state index in [1.165, 1.54) is 12.7 Å². The molecule has 1 saturated heterocycles. The lowest BCUT2D eigenvalue weighted by Gasteiger charge is -2.28. The van der Waals surface area contributed by atoms with Crippen LogP contribution >= 0.6 is 11.6 Å². The highest BCUT2D eigenvalue weighted by Crippen LogP contribution is 2.25. The van der Waals surface area contributed by atoms with Gasteiger partial charge in [0.05, 0.1) is 6.10 Å². The Balaban J connectivity index is 2.03. The second-order valence-electron chi connectivity index (χ2n) is 4.27. The van der Waals surface area contributed by atoms with Crippen molar-refractivity contribution in [2.45, 2.75) is 25.4 Å². The Hall–Kier alpha value is -1.07. The van der Waals surface area contributed by atoms with Crippen LogP contribution in [0.15, 0.2) is 6.33 Å². The van der Waals surface area contributed by atoms with Crippen LogP contribution in [-0.2, 0) is 4.74 Å². The van der Waals surface area contributed by atoms with Crippen LogP contribution in [0.3, 0.4) is 0 Å². The first-order valence-corrected chi connectivity index (χ1v) is 6.15. The fraction of sp³-hybridized carbons (Fsp3) is 0.636. The van der Waals surface area contributed by atoms with E-state index >= 15 is 0 Å². The summed E-state index contributed by atoms with van der Waals surface area (Å²) in [5, 5.41) is 0.298. The van der Waals surface area contributed by atoms with Crippen molar-refractivity contribution in [3.05, 3.63) is 11.5 Å². The first-order valence-electron chi connectivity index (χ1n) is 5.77. The van der Waals surface area contributed by atoms with Gasteiger partial charge in [-0.1, -0.05) is 11.6 Å². The second kappa shape index (κ2) is 5.51. The van der Waals surface area contributed by atoms with Crippen molar-refractivity contribution in [1.82, 2.24) is 9.97 Å². The number of halogens is 1. The van der Waals surface area contributed by atoms with Crippen LogP contribution in [-0.4, -0.2) is 36.3 Å². The fourth-order valence-electron chi connectivity index (χ4n) is 2.01.